The molecule has 0 spiro atoms. The van der Waals surface area contributed by atoms with E-state index in [1.165, 1.54) is 0 Å². The van der Waals surface area contributed by atoms with Crippen molar-refractivity contribution in [2.45, 2.75) is 12.8 Å². The monoisotopic (exact) mass is 448 g/mol. The molecule has 1 heterocycles. The van der Waals surface area contributed by atoms with Gasteiger partial charge < -0.3 is 0 Å². The summed E-state index contributed by atoms with van der Waals surface area (Å²) in [4.78, 5) is 24.5. The molecule has 0 radical (unpaired) electrons. The molecule has 2 aromatic rings. The van der Waals surface area contributed by atoms with Crippen molar-refractivity contribution < 1.29 is 9.59 Å². The second-order valence-corrected chi connectivity index (χ2v) is 7.41. The lowest BCUT2D eigenvalue weighted by atomic mass is 9.90. The average Bonchev–Trinajstić information content (AvgIpc) is 2.58. The largest absolute Gasteiger partial charge is 0.294 e. The zero-order valence-corrected chi connectivity index (χ0v) is 15.8. The lowest BCUT2D eigenvalue weighted by Crippen LogP contribution is -2.36. The number of nitrogens with zero attached hydrogens (tertiary/aromatic N) is 1. The standard InChI is InChI=1S/C18H14Br2N2O2/c19-14-5-1-11(2-6-14)16-9-13(18(24)22-21-16)10-17(23)12-3-7-15(20)8-4-12/h1-8,13H,9-10H2,(H,22,24). The quantitative estimate of drug-likeness (QED) is 0.706. The van der Waals surface area contributed by atoms with E-state index >= 15 is 0 Å². The molecule has 1 atom stereocenters. The topological polar surface area (TPSA) is 58.5 Å². The van der Waals surface area contributed by atoms with Crippen LogP contribution in [-0.4, -0.2) is 17.4 Å². The Balaban J connectivity index is 1.73. The van der Waals surface area contributed by atoms with Gasteiger partial charge in [0.25, 0.3) is 0 Å². The molecule has 1 aliphatic rings. The van der Waals surface area contributed by atoms with Crippen molar-refractivity contribution in [3.8, 4) is 0 Å². The highest BCUT2D eigenvalue weighted by Gasteiger charge is 2.28. The van der Waals surface area contributed by atoms with Gasteiger partial charge in [0.15, 0.2) is 5.78 Å². The smallest absolute Gasteiger partial charge is 0.244 e. The third kappa shape index (κ3) is 3.99. The Morgan fingerprint density at radius 2 is 1.62 bits per heavy atom. The Hall–Kier alpha value is -1.79. The number of carbonyl (C=O) groups excluding carboxylic acids is 2. The number of halogens is 2. The number of ketones is 1. The minimum absolute atomic E-state index is 0.0419. The lowest BCUT2D eigenvalue weighted by Gasteiger charge is -2.21. The summed E-state index contributed by atoms with van der Waals surface area (Å²) in [5.41, 5.74) is 4.88. The predicted octanol–water partition coefficient (Wildman–Crippen LogP) is 4.32. The van der Waals surface area contributed by atoms with Crippen LogP contribution in [0.4, 0.5) is 0 Å². The summed E-state index contributed by atoms with van der Waals surface area (Å²) in [5.74, 6) is -0.654. The maximum atomic E-state index is 12.4. The minimum atomic E-state index is -0.405. The molecule has 1 unspecified atom stereocenters. The fourth-order valence-electron chi connectivity index (χ4n) is 2.55. The van der Waals surface area contributed by atoms with Gasteiger partial charge >= 0.3 is 0 Å². The second-order valence-electron chi connectivity index (χ2n) is 5.58. The van der Waals surface area contributed by atoms with Crippen LogP contribution in [0.2, 0.25) is 0 Å². The van der Waals surface area contributed by atoms with E-state index in [9.17, 15) is 9.59 Å². The number of hydrazone groups is 1. The third-order valence-corrected chi connectivity index (χ3v) is 4.94. The zero-order chi connectivity index (χ0) is 17.1. The first-order valence-electron chi connectivity index (χ1n) is 7.44. The maximum absolute atomic E-state index is 12.4. The number of Topliss-reactive ketones (excluding diaryl/α,β-unsaturated/α-hetero) is 1. The van der Waals surface area contributed by atoms with E-state index in [2.05, 4.69) is 42.4 Å². The van der Waals surface area contributed by atoms with Crippen molar-refractivity contribution in [3.63, 3.8) is 0 Å². The number of rotatable bonds is 4. The summed E-state index contributed by atoms with van der Waals surface area (Å²) in [6.07, 6.45) is 0.624. The van der Waals surface area contributed by atoms with Crippen LogP contribution >= 0.6 is 31.9 Å². The second kappa shape index (κ2) is 7.40. The van der Waals surface area contributed by atoms with E-state index in [-0.39, 0.29) is 18.1 Å². The van der Waals surface area contributed by atoms with Crippen LogP contribution in [-0.2, 0) is 4.79 Å². The van der Waals surface area contributed by atoms with Crippen LogP contribution in [0.1, 0.15) is 28.8 Å². The molecule has 1 aliphatic heterocycles. The highest BCUT2D eigenvalue weighted by atomic mass is 79.9. The third-order valence-electron chi connectivity index (χ3n) is 3.89. The van der Waals surface area contributed by atoms with Crippen molar-refractivity contribution in [2.24, 2.45) is 11.0 Å². The summed E-state index contributed by atoms with van der Waals surface area (Å²) in [7, 11) is 0. The molecule has 0 saturated heterocycles. The fourth-order valence-corrected chi connectivity index (χ4v) is 3.08. The summed E-state index contributed by atoms with van der Waals surface area (Å²) < 4.78 is 1.90. The van der Waals surface area contributed by atoms with Gasteiger partial charge in [0, 0.05) is 27.4 Å². The van der Waals surface area contributed by atoms with Gasteiger partial charge in [0.05, 0.1) is 11.6 Å². The van der Waals surface area contributed by atoms with Crippen molar-refractivity contribution in [1.29, 1.82) is 0 Å². The van der Waals surface area contributed by atoms with Gasteiger partial charge in [-0.15, -0.1) is 0 Å². The van der Waals surface area contributed by atoms with Crippen LogP contribution in [0.3, 0.4) is 0 Å². The van der Waals surface area contributed by atoms with Gasteiger partial charge in [-0.05, 0) is 29.8 Å². The van der Waals surface area contributed by atoms with Gasteiger partial charge in [-0.2, -0.15) is 5.10 Å². The molecule has 1 N–H and O–H groups in total. The van der Waals surface area contributed by atoms with E-state index in [4.69, 9.17) is 0 Å². The predicted molar refractivity (Wildman–Crippen MR) is 100 cm³/mol. The lowest BCUT2D eigenvalue weighted by molar-refractivity contribution is -0.125. The summed E-state index contributed by atoms with van der Waals surface area (Å²) in [6.45, 7) is 0. The SMILES string of the molecule is O=C(CC1CC(c2ccc(Br)cc2)=NNC1=O)c1ccc(Br)cc1. The molecular formula is C18H14Br2N2O2. The molecule has 6 heteroatoms. The first kappa shape index (κ1) is 17.0. The van der Waals surface area contributed by atoms with E-state index < -0.39 is 5.92 Å². The summed E-state index contributed by atoms with van der Waals surface area (Å²) in [6, 6.07) is 14.9. The molecule has 1 amide bonds. The van der Waals surface area contributed by atoms with Gasteiger partial charge in [-0.1, -0.05) is 56.1 Å². The van der Waals surface area contributed by atoms with Gasteiger partial charge in [0.1, 0.15) is 0 Å². The summed E-state index contributed by atoms with van der Waals surface area (Å²) in [5, 5.41) is 4.14. The molecule has 0 aromatic heterocycles. The van der Waals surface area contributed by atoms with Gasteiger partial charge in [0.2, 0.25) is 5.91 Å². The van der Waals surface area contributed by atoms with E-state index in [1.807, 2.05) is 36.4 Å². The number of hydrogen-bond acceptors (Lipinski definition) is 3. The average molecular weight is 450 g/mol. The van der Waals surface area contributed by atoms with Crippen LogP contribution < -0.4 is 5.43 Å². The molecule has 2 aromatic carbocycles. The fraction of sp³-hybridized carbons (Fsp3) is 0.167. The van der Waals surface area contributed by atoms with Gasteiger partial charge in [-0.3, -0.25) is 9.59 Å². The molecule has 0 fully saturated rings. The highest BCUT2D eigenvalue weighted by Crippen LogP contribution is 2.22. The van der Waals surface area contributed by atoms with E-state index in [0.717, 1.165) is 20.2 Å². The first-order valence-corrected chi connectivity index (χ1v) is 9.02. The molecule has 0 saturated carbocycles. The van der Waals surface area contributed by atoms with Gasteiger partial charge in [-0.25, -0.2) is 5.43 Å². The Labute approximate surface area is 156 Å². The number of hydrogen-bond donors (Lipinski definition) is 1. The zero-order valence-electron chi connectivity index (χ0n) is 12.6. The molecule has 0 bridgehead atoms. The Kier molecular flexibility index (Phi) is 5.26. The van der Waals surface area contributed by atoms with Crippen molar-refractivity contribution in [2.75, 3.05) is 0 Å². The normalized spacial score (nSPS) is 17.2. The van der Waals surface area contributed by atoms with E-state index in [1.54, 1.807) is 12.1 Å². The van der Waals surface area contributed by atoms with Crippen LogP contribution in [0, 0.1) is 5.92 Å². The van der Waals surface area contributed by atoms with E-state index in [0.29, 0.717) is 12.0 Å². The number of amides is 1. The maximum Gasteiger partial charge on any atom is 0.244 e. The molecular weight excluding hydrogens is 436 g/mol. The van der Waals surface area contributed by atoms with Crippen LogP contribution in [0.5, 0.6) is 0 Å². The van der Waals surface area contributed by atoms with Crippen LogP contribution in [0.15, 0.2) is 62.6 Å². The Morgan fingerprint density at radius 3 is 2.25 bits per heavy atom. The van der Waals surface area contributed by atoms with Crippen molar-refractivity contribution in [3.05, 3.63) is 68.6 Å². The van der Waals surface area contributed by atoms with Crippen molar-refractivity contribution >= 4 is 49.3 Å². The molecule has 122 valence electrons. The molecule has 24 heavy (non-hydrogen) atoms. The Morgan fingerprint density at radius 1 is 1.04 bits per heavy atom. The number of carbonyl (C=O) groups is 2. The highest BCUT2D eigenvalue weighted by molar-refractivity contribution is 9.10. The Bertz CT molecular complexity index is 799. The molecule has 4 nitrogen and oxygen atoms in total. The van der Waals surface area contributed by atoms with Crippen LogP contribution in [0.25, 0.3) is 0 Å². The molecule has 0 aliphatic carbocycles. The number of nitrogens with one attached hydrogen (secondary N) is 1. The minimum Gasteiger partial charge on any atom is -0.294 e. The molecule has 3 rings (SSSR count). The first-order chi connectivity index (χ1) is 11.5. The number of benzene rings is 2. The summed E-state index contributed by atoms with van der Waals surface area (Å²) >= 11 is 6.74. The van der Waals surface area contributed by atoms with Crippen molar-refractivity contribution in [1.82, 2.24) is 5.43 Å².